The molecule has 134 valence electrons. The summed E-state index contributed by atoms with van der Waals surface area (Å²) < 4.78 is 5.06. The molecule has 2 aromatic heterocycles. The van der Waals surface area contributed by atoms with Crippen molar-refractivity contribution in [2.45, 2.75) is 39.4 Å². The number of hydrogen-bond acceptors (Lipinski definition) is 3. The number of nitrogens with zero attached hydrogens (tertiary/aromatic N) is 3. The highest BCUT2D eigenvalue weighted by molar-refractivity contribution is 5.80. The van der Waals surface area contributed by atoms with Gasteiger partial charge in [0.1, 0.15) is 0 Å². The molecule has 0 aliphatic carbocycles. The molecule has 0 unspecified atom stereocenters. The van der Waals surface area contributed by atoms with Gasteiger partial charge in [0.2, 0.25) is 0 Å². The Bertz CT molecular complexity index is 1190. The molecule has 3 aromatic rings. The summed E-state index contributed by atoms with van der Waals surface area (Å²) in [5, 5.41) is 0. The van der Waals surface area contributed by atoms with Gasteiger partial charge in [0.15, 0.2) is 0 Å². The van der Waals surface area contributed by atoms with Gasteiger partial charge in [-0.1, -0.05) is 24.3 Å². The van der Waals surface area contributed by atoms with Crippen LogP contribution in [0, 0.1) is 6.92 Å². The third-order valence-electron chi connectivity index (χ3n) is 4.89. The molecule has 1 aromatic carbocycles. The van der Waals surface area contributed by atoms with E-state index in [0.717, 1.165) is 30.4 Å². The summed E-state index contributed by atoms with van der Waals surface area (Å²) in [7, 11) is 0. The maximum absolute atomic E-state index is 12.7. The summed E-state index contributed by atoms with van der Waals surface area (Å²) in [6.07, 6.45) is 7.24. The second-order valence-electron chi connectivity index (χ2n) is 6.63. The lowest BCUT2D eigenvalue weighted by atomic mass is 10.0. The van der Waals surface area contributed by atoms with Gasteiger partial charge in [-0.15, -0.1) is 0 Å². The Labute approximate surface area is 148 Å². The molecule has 0 saturated heterocycles. The van der Waals surface area contributed by atoms with Gasteiger partial charge >= 0.3 is 11.4 Å². The van der Waals surface area contributed by atoms with Gasteiger partial charge in [0, 0.05) is 31.4 Å². The molecule has 7 nitrogen and oxygen atoms in total. The normalized spacial score (nSPS) is 13.7. The molecule has 26 heavy (non-hydrogen) atoms. The van der Waals surface area contributed by atoms with Crippen LogP contribution in [-0.4, -0.2) is 18.7 Å². The van der Waals surface area contributed by atoms with Crippen molar-refractivity contribution < 1.29 is 0 Å². The predicted octanol–water partition coefficient (Wildman–Crippen LogP) is 1.16. The number of aromatic nitrogens is 4. The van der Waals surface area contributed by atoms with Crippen molar-refractivity contribution in [2.75, 3.05) is 0 Å². The van der Waals surface area contributed by atoms with E-state index in [9.17, 15) is 14.4 Å². The lowest BCUT2D eigenvalue weighted by Crippen LogP contribution is -2.30. The minimum absolute atomic E-state index is 0.00820. The number of nitrogens with one attached hydrogen (secondary N) is 1. The molecule has 0 amide bonds. The summed E-state index contributed by atoms with van der Waals surface area (Å²) in [6, 6.07) is 6.06. The summed E-state index contributed by atoms with van der Waals surface area (Å²) >= 11 is 0. The number of hydrogen-bond donors (Lipinski definition) is 1. The zero-order valence-electron chi connectivity index (χ0n) is 14.6. The van der Waals surface area contributed by atoms with Gasteiger partial charge in [0.25, 0.3) is 5.56 Å². The quantitative estimate of drug-likeness (QED) is 0.716. The Kier molecular flexibility index (Phi) is 3.99. The SMILES string of the molecule is Cc1cn(C/C=C/Cn2c(=O)n3c4c(cccc42)CCC3)c(=O)[nH]c1=O. The van der Waals surface area contributed by atoms with Crippen molar-refractivity contribution in [3.8, 4) is 0 Å². The number of rotatable bonds is 4. The minimum atomic E-state index is -0.436. The topological polar surface area (TPSA) is 81.8 Å². The first-order valence-corrected chi connectivity index (χ1v) is 8.72. The first-order valence-electron chi connectivity index (χ1n) is 8.72. The third kappa shape index (κ3) is 2.65. The number of imidazole rings is 1. The van der Waals surface area contributed by atoms with E-state index in [-0.39, 0.29) is 11.2 Å². The smallest absolute Gasteiger partial charge is 0.297 e. The Hall–Kier alpha value is -3.09. The summed E-state index contributed by atoms with van der Waals surface area (Å²) in [6.45, 7) is 3.21. The molecule has 0 bridgehead atoms. The summed E-state index contributed by atoms with van der Waals surface area (Å²) in [5.74, 6) is 0. The fourth-order valence-electron chi connectivity index (χ4n) is 3.59. The van der Waals surface area contributed by atoms with Crippen LogP contribution in [0.25, 0.3) is 11.0 Å². The van der Waals surface area contributed by atoms with Crippen LogP contribution in [0.2, 0.25) is 0 Å². The van der Waals surface area contributed by atoms with Crippen LogP contribution >= 0.6 is 0 Å². The van der Waals surface area contributed by atoms with Gasteiger partial charge in [-0.2, -0.15) is 0 Å². The molecule has 0 saturated carbocycles. The fourth-order valence-corrected chi connectivity index (χ4v) is 3.59. The Morgan fingerprint density at radius 1 is 1.15 bits per heavy atom. The van der Waals surface area contributed by atoms with Crippen molar-refractivity contribution in [1.29, 1.82) is 0 Å². The molecule has 0 atom stereocenters. The van der Waals surface area contributed by atoms with Crippen molar-refractivity contribution in [1.82, 2.24) is 18.7 Å². The molecule has 0 spiro atoms. The number of para-hydroxylation sites is 1. The highest BCUT2D eigenvalue weighted by Crippen LogP contribution is 2.23. The summed E-state index contributed by atoms with van der Waals surface area (Å²) in [4.78, 5) is 38.2. The van der Waals surface area contributed by atoms with E-state index >= 15 is 0 Å². The van der Waals surface area contributed by atoms with E-state index in [0.29, 0.717) is 18.7 Å². The van der Waals surface area contributed by atoms with E-state index in [2.05, 4.69) is 11.1 Å². The molecule has 7 heteroatoms. The van der Waals surface area contributed by atoms with Crippen LogP contribution in [0.3, 0.4) is 0 Å². The highest BCUT2D eigenvalue weighted by atomic mass is 16.2. The van der Waals surface area contributed by atoms with Crippen molar-refractivity contribution in [3.05, 3.63) is 79.0 Å². The van der Waals surface area contributed by atoms with Gasteiger partial charge in [-0.25, -0.2) is 9.59 Å². The number of aryl methyl sites for hydroxylation is 3. The molecule has 0 radical (unpaired) electrons. The first kappa shape index (κ1) is 16.4. The Morgan fingerprint density at radius 3 is 2.81 bits per heavy atom. The fraction of sp³-hybridized carbons (Fsp3) is 0.316. The molecule has 0 fully saturated rings. The highest BCUT2D eigenvalue weighted by Gasteiger charge is 2.18. The maximum atomic E-state index is 12.7. The van der Waals surface area contributed by atoms with Gasteiger partial charge in [0.05, 0.1) is 11.0 Å². The van der Waals surface area contributed by atoms with Crippen LogP contribution in [0.1, 0.15) is 17.5 Å². The monoisotopic (exact) mass is 352 g/mol. The summed E-state index contributed by atoms with van der Waals surface area (Å²) in [5.41, 5.74) is 2.92. The number of benzene rings is 1. The second kappa shape index (κ2) is 6.33. The Balaban J connectivity index is 1.61. The second-order valence-corrected chi connectivity index (χ2v) is 6.63. The molecule has 1 aliphatic heterocycles. The molecule has 1 N–H and O–H groups in total. The van der Waals surface area contributed by atoms with E-state index < -0.39 is 5.69 Å². The number of aromatic amines is 1. The van der Waals surface area contributed by atoms with E-state index in [1.807, 2.05) is 28.9 Å². The Morgan fingerprint density at radius 2 is 1.96 bits per heavy atom. The number of H-pyrrole nitrogens is 1. The molecular weight excluding hydrogens is 332 g/mol. The molecule has 1 aliphatic rings. The zero-order chi connectivity index (χ0) is 18.3. The average molecular weight is 352 g/mol. The van der Waals surface area contributed by atoms with Gasteiger partial charge in [-0.3, -0.25) is 23.5 Å². The van der Waals surface area contributed by atoms with Crippen LogP contribution < -0.4 is 16.9 Å². The van der Waals surface area contributed by atoms with Crippen LogP contribution in [0.15, 0.2) is 50.9 Å². The average Bonchev–Trinajstić information content (AvgIpc) is 2.90. The minimum Gasteiger partial charge on any atom is -0.297 e. The number of allylic oxidation sites excluding steroid dienone is 2. The van der Waals surface area contributed by atoms with E-state index in [1.165, 1.54) is 10.1 Å². The van der Waals surface area contributed by atoms with Crippen LogP contribution in [0.5, 0.6) is 0 Å². The van der Waals surface area contributed by atoms with Crippen molar-refractivity contribution >= 4 is 11.0 Å². The maximum Gasteiger partial charge on any atom is 0.329 e. The molecule has 4 rings (SSSR count). The van der Waals surface area contributed by atoms with E-state index in [4.69, 9.17) is 0 Å². The van der Waals surface area contributed by atoms with Crippen molar-refractivity contribution in [3.63, 3.8) is 0 Å². The van der Waals surface area contributed by atoms with Gasteiger partial charge < -0.3 is 0 Å². The van der Waals surface area contributed by atoms with E-state index in [1.54, 1.807) is 17.7 Å². The molecular formula is C19H20N4O3. The van der Waals surface area contributed by atoms with Crippen LogP contribution in [-0.2, 0) is 26.1 Å². The molecule has 3 heterocycles. The first-order chi connectivity index (χ1) is 12.6. The lowest BCUT2D eigenvalue weighted by Gasteiger charge is -2.12. The van der Waals surface area contributed by atoms with Crippen molar-refractivity contribution in [2.24, 2.45) is 0 Å². The third-order valence-corrected chi connectivity index (χ3v) is 4.89. The van der Waals surface area contributed by atoms with Crippen LogP contribution in [0.4, 0.5) is 0 Å². The zero-order valence-corrected chi connectivity index (χ0v) is 14.6. The lowest BCUT2D eigenvalue weighted by molar-refractivity contribution is 0.597. The largest absolute Gasteiger partial charge is 0.329 e. The predicted molar refractivity (Wildman–Crippen MR) is 99.7 cm³/mol. The van der Waals surface area contributed by atoms with Gasteiger partial charge in [-0.05, 0) is 31.4 Å². The standard InChI is InChI=1S/C19H20N4O3/c1-13-12-21(18(25)20-17(13)24)9-2-3-10-22-15-8-4-6-14-7-5-11-23(16(14)15)19(22)26/h2-4,6,8,12H,5,7,9-11H2,1H3,(H,20,24,25)/b3-2+.